The molecule has 6 heteroatoms. The molecule has 1 amide bonds. The predicted molar refractivity (Wildman–Crippen MR) is 67.7 cm³/mol. The first-order chi connectivity index (χ1) is 8.08. The number of nitrogens with zero attached hydrogens (tertiary/aromatic N) is 1. The molecule has 2 N–H and O–H groups in total. The molecule has 0 fully saturated rings. The molecule has 88 valence electrons. The van der Waals surface area contributed by atoms with Gasteiger partial charge in [0, 0.05) is 6.20 Å². The van der Waals surface area contributed by atoms with Gasteiger partial charge in [-0.25, -0.2) is 4.98 Å². The molecule has 2 rings (SSSR count). The van der Waals surface area contributed by atoms with E-state index in [0.29, 0.717) is 16.5 Å². The zero-order valence-corrected chi connectivity index (χ0v) is 10.4. The molecule has 2 aromatic rings. The van der Waals surface area contributed by atoms with Crippen molar-refractivity contribution in [3.63, 3.8) is 0 Å². The Morgan fingerprint density at radius 2 is 2.24 bits per heavy atom. The highest BCUT2D eigenvalue weighted by Gasteiger charge is 2.12. The third-order valence-corrected chi connectivity index (χ3v) is 2.69. The summed E-state index contributed by atoms with van der Waals surface area (Å²) in [6.07, 6.45) is 1.67. The second-order valence-corrected chi connectivity index (χ2v) is 4.21. The Hall–Kier alpha value is -1.52. The molecule has 0 bridgehead atoms. The van der Waals surface area contributed by atoms with Crippen LogP contribution in [0.15, 0.2) is 24.4 Å². The van der Waals surface area contributed by atoms with Crippen LogP contribution in [-0.2, 0) is 0 Å². The highest BCUT2D eigenvalue weighted by Crippen LogP contribution is 2.26. The average Bonchev–Trinajstić information content (AvgIpc) is 2.76. The highest BCUT2D eigenvalue weighted by molar-refractivity contribution is 6.35. The van der Waals surface area contributed by atoms with E-state index in [2.05, 4.69) is 15.3 Å². The van der Waals surface area contributed by atoms with E-state index in [1.807, 2.05) is 0 Å². The van der Waals surface area contributed by atoms with E-state index in [-0.39, 0.29) is 11.1 Å². The van der Waals surface area contributed by atoms with E-state index >= 15 is 0 Å². The quantitative estimate of drug-likeness (QED) is 0.823. The number of halogens is 2. The summed E-state index contributed by atoms with van der Waals surface area (Å²) in [6.45, 7) is 1.80. The van der Waals surface area contributed by atoms with Crippen LogP contribution >= 0.6 is 23.2 Å². The van der Waals surface area contributed by atoms with E-state index < -0.39 is 0 Å². The molecular weight excluding hydrogens is 261 g/mol. The maximum absolute atomic E-state index is 11.8. The number of aromatic nitrogens is 2. The molecule has 2 aromatic heterocycles. The highest BCUT2D eigenvalue weighted by atomic mass is 35.5. The van der Waals surface area contributed by atoms with Gasteiger partial charge in [-0.3, -0.25) is 4.79 Å². The van der Waals surface area contributed by atoms with Crippen LogP contribution in [0.5, 0.6) is 0 Å². The number of hydrogen-bond acceptors (Lipinski definition) is 2. The number of aryl methyl sites for hydroxylation is 1. The number of H-pyrrole nitrogens is 1. The number of aromatic amines is 1. The van der Waals surface area contributed by atoms with Crippen LogP contribution in [0, 0.1) is 6.92 Å². The SMILES string of the molecule is Cc1cc(Cl)nc(Cl)c1NC(=O)c1ccc[nH]1. The maximum atomic E-state index is 11.8. The molecule has 0 saturated carbocycles. The van der Waals surface area contributed by atoms with Crippen LogP contribution in [0.2, 0.25) is 10.3 Å². The third kappa shape index (κ3) is 2.60. The number of anilines is 1. The number of pyridine rings is 1. The molecule has 2 heterocycles. The maximum Gasteiger partial charge on any atom is 0.272 e. The van der Waals surface area contributed by atoms with Crippen LogP contribution in [0.3, 0.4) is 0 Å². The third-order valence-electron chi connectivity index (χ3n) is 2.22. The van der Waals surface area contributed by atoms with E-state index in [1.54, 1.807) is 31.3 Å². The first-order valence-electron chi connectivity index (χ1n) is 4.85. The van der Waals surface area contributed by atoms with Gasteiger partial charge in [-0.1, -0.05) is 23.2 Å². The van der Waals surface area contributed by atoms with Crippen LogP contribution < -0.4 is 5.32 Å². The zero-order valence-electron chi connectivity index (χ0n) is 8.92. The fourth-order valence-corrected chi connectivity index (χ4v) is 1.98. The Kier molecular flexibility index (Phi) is 3.36. The molecule has 0 aliphatic carbocycles. The summed E-state index contributed by atoms with van der Waals surface area (Å²) in [5, 5.41) is 3.16. The summed E-state index contributed by atoms with van der Waals surface area (Å²) < 4.78 is 0. The molecule has 17 heavy (non-hydrogen) atoms. The minimum Gasteiger partial charge on any atom is -0.357 e. The summed E-state index contributed by atoms with van der Waals surface area (Å²) in [5.41, 5.74) is 1.68. The molecule has 0 atom stereocenters. The van der Waals surface area contributed by atoms with E-state index in [4.69, 9.17) is 23.2 Å². The number of carbonyl (C=O) groups is 1. The number of rotatable bonds is 2. The topological polar surface area (TPSA) is 57.8 Å². The van der Waals surface area contributed by atoms with Crippen LogP contribution in [0.4, 0.5) is 5.69 Å². The van der Waals surface area contributed by atoms with Gasteiger partial charge in [-0.05, 0) is 30.7 Å². The van der Waals surface area contributed by atoms with Crippen LogP contribution in [0.1, 0.15) is 16.1 Å². The van der Waals surface area contributed by atoms with Crippen molar-refractivity contribution in [2.45, 2.75) is 6.92 Å². The van der Waals surface area contributed by atoms with Crippen molar-refractivity contribution in [1.82, 2.24) is 9.97 Å². The monoisotopic (exact) mass is 269 g/mol. The molecule has 0 radical (unpaired) electrons. The standard InChI is InChI=1S/C11H9Cl2N3O/c1-6-5-8(12)15-10(13)9(6)16-11(17)7-3-2-4-14-7/h2-5,14H,1H3,(H,16,17). The number of carbonyl (C=O) groups excluding carboxylic acids is 1. The Balaban J connectivity index is 2.28. The van der Waals surface area contributed by atoms with Crippen LogP contribution in [0.25, 0.3) is 0 Å². The molecule has 0 aromatic carbocycles. The van der Waals surface area contributed by atoms with Gasteiger partial charge < -0.3 is 10.3 Å². The Bertz CT molecular complexity index is 529. The Labute approximate surface area is 108 Å². The van der Waals surface area contributed by atoms with Crippen molar-refractivity contribution in [2.75, 3.05) is 5.32 Å². The Morgan fingerprint density at radius 3 is 2.82 bits per heavy atom. The van der Waals surface area contributed by atoms with Gasteiger partial charge >= 0.3 is 0 Å². The normalized spacial score (nSPS) is 10.3. The van der Waals surface area contributed by atoms with E-state index in [0.717, 1.165) is 5.56 Å². The van der Waals surface area contributed by atoms with Crippen molar-refractivity contribution in [1.29, 1.82) is 0 Å². The fourth-order valence-electron chi connectivity index (χ4n) is 1.40. The van der Waals surface area contributed by atoms with Crippen molar-refractivity contribution < 1.29 is 4.79 Å². The van der Waals surface area contributed by atoms with E-state index in [1.165, 1.54) is 0 Å². The summed E-state index contributed by atoms with van der Waals surface area (Å²) >= 11 is 11.7. The van der Waals surface area contributed by atoms with Gasteiger partial charge in [-0.2, -0.15) is 0 Å². The van der Waals surface area contributed by atoms with Crippen molar-refractivity contribution >= 4 is 34.8 Å². The number of amides is 1. The van der Waals surface area contributed by atoms with Gasteiger partial charge in [0.1, 0.15) is 10.8 Å². The fraction of sp³-hybridized carbons (Fsp3) is 0.0909. The van der Waals surface area contributed by atoms with Gasteiger partial charge in [0.25, 0.3) is 5.91 Å². The molecule has 0 unspecified atom stereocenters. The second kappa shape index (κ2) is 4.77. The molecule has 0 saturated heterocycles. The lowest BCUT2D eigenvalue weighted by Gasteiger charge is -2.09. The molecule has 0 aliphatic heterocycles. The smallest absolute Gasteiger partial charge is 0.272 e. The molecule has 0 spiro atoms. The molecule has 4 nitrogen and oxygen atoms in total. The molecular formula is C11H9Cl2N3O. The van der Waals surface area contributed by atoms with Crippen LogP contribution in [-0.4, -0.2) is 15.9 Å². The minimum absolute atomic E-state index is 0.176. The second-order valence-electron chi connectivity index (χ2n) is 3.47. The largest absolute Gasteiger partial charge is 0.357 e. The first-order valence-corrected chi connectivity index (χ1v) is 5.61. The van der Waals surface area contributed by atoms with Crippen molar-refractivity contribution in [2.24, 2.45) is 0 Å². The summed E-state index contributed by atoms with van der Waals surface area (Å²) in [6, 6.07) is 5.04. The van der Waals surface area contributed by atoms with Gasteiger partial charge in [0.15, 0.2) is 5.15 Å². The lowest BCUT2D eigenvalue weighted by molar-refractivity contribution is 0.102. The number of hydrogen-bond donors (Lipinski definition) is 2. The first kappa shape index (κ1) is 12.0. The summed E-state index contributed by atoms with van der Waals surface area (Å²) in [5.74, 6) is -0.274. The average molecular weight is 270 g/mol. The van der Waals surface area contributed by atoms with Gasteiger partial charge in [0.2, 0.25) is 0 Å². The Morgan fingerprint density at radius 1 is 1.47 bits per heavy atom. The summed E-state index contributed by atoms with van der Waals surface area (Å²) in [4.78, 5) is 18.5. The van der Waals surface area contributed by atoms with Gasteiger partial charge in [0.05, 0.1) is 5.69 Å². The van der Waals surface area contributed by atoms with Gasteiger partial charge in [-0.15, -0.1) is 0 Å². The lowest BCUT2D eigenvalue weighted by Crippen LogP contribution is -2.13. The lowest BCUT2D eigenvalue weighted by atomic mass is 10.2. The zero-order chi connectivity index (χ0) is 12.4. The minimum atomic E-state index is -0.274. The van der Waals surface area contributed by atoms with Crippen molar-refractivity contribution in [3.8, 4) is 0 Å². The molecule has 0 aliphatic rings. The van der Waals surface area contributed by atoms with Crippen molar-refractivity contribution in [3.05, 3.63) is 46.0 Å². The predicted octanol–water partition coefficient (Wildman–Crippen LogP) is 3.28. The summed E-state index contributed by atoms with van der Waals surface area (Å²) in [7, 11) is 0. The van der Waals surface area contributed by atoms with E-state index in [9.17, 15) is 4.79 Å². The number of nitrogens with one attached hydrogen (secondary N) is 2.